The molecule has 0 fully saturated rings. The summed E-state index contributed by atoms with van der Waals surface area (Å²) in [6, 6.07) is 0. The van der Waals surface area contributed by atoms with Gasteiger partial charge in [-0.2, -0.15) is 0 Å². The van der Waals surface area contributed by atoms with Gasteiger partial charge in [0, 0.05) is 0 Å². The molecule has 0 rings (SSSR count). The van der Waals surface area contributed by atoms with Crippen molar-refractivity contribution in [1.82, 2.24) is 0 Å². The van der Waals surface area contributed by atoms with E-state index in [9.17, 15) is 4.39 Å². The van der Waals surface area contributed by atoms with Crippen molar-refractivity contribution < 1.29 is 4.39 Å². The Morgan fingerprint density at radius 2 is 2.00 bits per heavy atom. The van der Waals surface area contributed by atoms with Crippen LogP contribution in [0.15, 0.2) is 12.7 Å². The van der Waals surface area contributed by atoms with Crippen LogP contribution in [0.25, 0.3) is 0 Å². The number of hydrogen-bond donors (Lipinski definition) is 0. The van der Waals surface area contributed by atoms with E-state index in [0.29, 0.717) is 6.42 Å². The molecule has 0 radical (unpaired) electrons. The number of hydrogen-bond acceptors (Lipinski definition) is 0. The first-order valence-corrected chi connectivity index (χ1v) is 5.06. The number of allylic oxidation sites excluding steroid dienone is 1. The van der Waals surface area contributed by atoms with Crippen molar-refractivity contribution in [3.8, 4) is 0 Å². The van der Waals surface area contributed by atoms with Crippen LogP contribution in [0.4, 0.5) is 4.39 Å². The van der Waals surface area contributed by atoms with Crippen LogP contribution in [0.2, 0.25) is 0 Å². The molecule has 0 aliphatic rings. The van der Waals surface area contributed by atoms with Gasteiger partial charge in [-0.25, -0.2) is 4.39 Å². The molecule has 0 saturated heterocycles. The normalized spacial score (nSPS) is 12.8. The molecule has 0 aromatic heterocycles. The minimum Gasteiger partial charge on any atom is -0.247 e. The van der Waals surface area contributed by atoms with E-state index in [1.165, 1.54) is 19.3 Å². The van der Waals surface area contributed by atoms with Gasteiger partial charge in [0.2, 0.25) is 0 Å². The highest BCUT2D eigenvalue weighted by Gasteiger charge is 2.03. The van der Waals surface area contributed by atoms with Crippen LogP contribution in [0.1, 0.15) is 51.9 Å². The van der Waals surface area contributed by atoms with E-state index >= 15 is 0 Å². The van der Waals surface area contributed by atoms with Crippen LogP contribution in [-0.4, -0.2) is 6.17 Å². The van der Waals surface area contributed by atoms with Crippen LogP contribution in [0, 0.1) is 0 Å². The molecule has 0 spiro atoms. The lowest BCUT2D eigenvalue weighted by Gasteiger charge is -2.05. The Morgan fingerprint density at radius 1 is 1.25 bits per heavy atom. The SMILES string of the molecule is C=CCC[C@@H](F)CCCCCC. The predicted molar refractivity (Wildman–Crippen MR) is 53.1 cm³/mol. The largest absolute Gasteiger partial charge is 0.247 e. The van der Waals surface area contributed by atoms with Crippen LogP contribution in [0.3, 0.4) is 0 Å². The summed E-state index contributed by atoms with van der Waals surface area (Å²) in [6.07, 6.45) is 8.12. The summed E-state index contributed by atoms with van der Waals surface area (Å²) in [5, 5.41) is 0. The van der Waals surface area contributed by atoms with Gasteiger partial charge in [0.1, 0.15) is 6.17 Å². The Kier molecular flexibility index (Phi) is 8.52. The van der Waals surface area contributed by atoms with Crippen molar-refractivity contribution in [1.29, 1.82) is 0 Å². The Balaban J connectivity index is 3.07. The minimum absolute atomic E-state index is 0.597. The standard InChI is InChI=1S/C11H21F/c1-3-5-7-8-10-11(12)9-6-4-2/h4,11H,2-3,5-10H2,1H3/t11-/m1/s1. The third-order valence-electron chi connectivity index (χ3n) is 2.05. The van der Waals surface area contributed by atoms with E-state index in [1.807, 2.05) is 0 Å². The van der Waals surface area contributed by atoms with E-state index in [-0.39, 0.29) is 0 Å². The Labute approximate surface area is 75.9 Å². The van der Waals surface area contributed by atoms with Gasteiger partial charge < -0.3 is 0 Å². The molecule has 0 bridgehead atoms. The van der Waals surface area contributed by atoms with Gasteiger partial charge in [-0.15, -0.1) is 6.58 Å². The van der Waals surface area contributed by atoms with Crippen LogP contribution < -0.4 is 0 Å². The van der Waals surface area contributed by atoms with E-state index in [2.05, 4.69) is 13.5 Å². The summed E-state index contributed by atoms with van der Waals surface area (Å²) < 4.78 is 13.0. The number of rotatable bonds is 8. The summed E-state index contributed by atoms with van der Waals surface area (Å²) in [4.78, 5) is 0. The third-order valence-corrected chi connectivity index (χ3v) is 2.05. The first kappa shape index (κ1) is 11.7. The molecule has 0 saturated carbocycles. The van der Waals surface area contributed by atoms with Crippen molar-refractivity contribution in [2.45, 2.75) is 58.0 Å². The van der Waals surface area contributed by atoms with Gasteiger partial charge >= 0.3 is 0 Å². The molecule has 0 unspecified atom stereocenters. The highest BCUT2D eigenvalue weighted by Crippen LogP contribution is 2.12. The zero-order chi connectivity index (χ0) is 9.23. The summed E-state index contributed by atoms with van der Waals surface area (Å²) in [7, 11) is 0. The van der Waals surface area contributed by atoms with Crippen LogP contribution >= 0.6 is 0 Å². The van der Waals surface area contributed by atoms with Crippen LogP contribution in [-0.2, 0) is 0 Å². The topological polar surface area (TPSA) is 0 Å². The van der Waals surface area contributed by atoms with Gasteiger partial charge in [-0.1, -0.05) is 38.7 Å². The fourth-order valence-corrected chi connectivity index (χ4v) is 1.24. The molecule has 0 aliphatic heterocycles. The molecule has 1 heteroatoms. The van der Waals surface area contributed by atoms with E-state index in [1.54, 1.807) is 6.08 Å². The second-order valence-corrected chi connectivity index (χ2v) is 3.31. The molecular weight excluding hydrogens is 151 g/mol. The molecule has 0 aromatic carbocycles. The second kappa shape index (κ2) is 8.76. The number of alkyl halides is 1. The summed E-state index contributed by atoms with van der Waals surface area (Å²) in [6.45, 7) is 5.75. The fraction of sp³-hybridized carbons (Fsp3) is 0.818. The van der Waals surface area contributed by atoms with Crippen LogP contribution in [0.5, 0.6) is 0 Å². The third kappa shape index (κ3) is 7.77. The average molecular weight is 172 g/mol. The van der Waals surface area contributed by atoms with Crippen molar-refractivity contribution in [3.63, 3.8) is 0 Å². The molecule has 0 aliphatic carbocycles. The molecular formula is C11H21F. The predicted octanol–water partition coefficient (Wildman–Crippen LogP) is 4.26. The second-order valence-electron chi connectivity index (χ2n) is 3.31. The lowest BCUT2D eigenvalue weighted by Crippen LogP contribution is -1.98. The summed E-state index contributed by atoms with van der Waals surface area (Å²) in [5.41, 5.74) is 0. The quantitative estimate of drug-likeness (QED) is 0.379. The summed E-state index contributed by atoms with van der Waals surface area (Å²) in [5.74, 6) is 0. The zero-order valence-electron chi connectivity index (χ0n) is 8.19. The van der Waals surface area contributed by atoms with Crippen molar-refractivity contribution in [3.05, 3.63) is 12.7 Å². The number of unbranched alkanes of at least 4 members (excludes halogenated alkanes) is 3. The van der Waals surface area contributed by atoms with Gasteiger partial charge in [-0.3, -0.25) is 0 Å². The monoisotopic (exact) mass is 172 g/mol. The van der Waals surface area contributed by atoms with Crippen molar-refractivity contribution in [2.75, 3.05) is 0 Å². The molecule has 0 N–H and O–H groups in total. The fourth-order valence-electron chi connectivity index (χ4n) is 1.24. The highest BCUT2D eigenvalue weighted by atomic mass is 19.1. The molecule has 0 amide bonds. The molecule has 0 heterocycles. The molecule has 72 valence electrons. The highest BCUT2D eigenvalue weighted by molar-refractivity contribution is 4.69. The van der Waals surface area contributed by atoms with Crippen molar-refractivity contribution in [2.24, 2.45) is 0 Å². The molecule has 0 nitrogen and oxygen atoms in total. The Hall–Kier alpha value is -0.330. The average Bonchev–Trinajstić information content (AvgIpc) is 2.09. The molecule has 12 heavy (non-hydrogen) atoms. The lowest BCUT2D eigenvalue weighted by atomic mass is 10.1. The Morgan fingerprint density at radius 3 is 2.58 bits per heavy atom. The van der Waals surface area contributed by atoms with Gasteiger partial charge in [0.25, 0.3) is 0 Å². The van der Waals surface area contributed by atoms with E-state index in [0.717, 1.165) is 19.3 Å². The maximum absolute atomic E-state index is 13.0. The Bertz CT molecular complexity index is 99.2. The first-order valence-electron chi connectivity index (χ1n) is 5.06. The van der Waals surface area contributed by atoms with E-state index < -0.39 is 6.17 Å². The molecule has 0 aromatic rings. The maximum Gasteiger partial charge on any atom is 0.100 e. The van der Waals surface area contributed by atoms with Gasteiger partial charge in [0.05, 0.1) is 0 Å². The first-order chi connectivity index (χ1) is 5.81. The van der Waals surface area contributed by atoms with Crippen molar-refractivity contribution >= 4 is 0 Å². The number of halogens is 1. The minimum atomic E-state index is -0.597. The van der Waals surface area contributed by atoms with E-state index in [4.69, 9.17) is 0 Å². The molecule has 1 atom stereocenters. The van der Waals surface area contributed by atoms with Gasteiger partial charge in [0.15, 0.2) is 0 Å². The lowest BCUT2D eigenvalue weighted by molar-refractivity contribution is 0.289. The smallest absolute Gasteiger partial charge is 0.100 e. The maximum atomic E-state index is 13.0. The van der Waals surface area contributed by atoms with Gasteiger partial charge in [-0.05, 0) is 19.3 Å². The zero-order valence-corrected chi connectivity index (χ0v) is 8.19. The summed E-state index contributed by atoms with van der Waals surface area (Å²) >= 11 is 0.